The molecule has 1 aromatic carbocycles. The molecule has 43 heavy (non-hydrogen) atoms. The van der Waals surface area contributed by atoms with Gasteiger partial charge in [-0.25, -0.2) is 9.97 Å². The number of hydrogen-bond acceptors (Lipinski definition) is 9. The number of ether oxygens (including phenoxy) is 1. The summed E-state index contributed by atoms with van der Waals surface area (Å²) in [6.07, 6.45) is -1.47. The lowest BCUT2D eigenvalue weighted by atomic mass is 10.1. The first-order valence-corrected chi connectivity index (χ1v) is 13.4. The Morgan fingerprint density at radius 1 is 1.12 bits per heavy atom. The van der Waals surface area contributed by atoms with Crippen LogP contribution in [0.15, 0.2) is 49.3 Å². The number of amides is 2. The number of benzene rings is 1. The molecule has 1 saturated heterocycles. The summed E-state index contributed by atoms with van der Waals surface area (Å²) in [5, 5.41) is 8.33. The van der Waals surface area contributed by atoms with Crippen molar-refractivity contribution in [2.75, 3.05) is 42.7 Å². The molecule has 1 atom stereocenters. The highest BCUT2D eigenvalue weighted by Gasteiger charge is 2.36. The van der Waals surface area contributed by atoms with E-state index < -0.39 is 23.5 Å². The zero-order valence-electron chi connectivity index (χ0n) is 24.2. The van der Waals surface area contributed by atoms with Gasteiger partial charge in [0.15, 0.2) is 0 Å². The first-order valence-electron chi connectivity index (χ1n) is 13.4. The second-order valence-electron chi connectivity index (χ2n) is 10.1. The molecule has 0 bridgehead atoms. The molecule has 228 valence electrons. The van der Waals surface area contributed by atoms with Crippen LogP contribution in [-0.4, -0.2) is 69.4 Å². The van der Waals surface area contributed by atoms with Crippen molar-refractivity contribution in [1.29, 1.82) is 0 Å². The Morgan fingerprint density at radius 2 is 1.88 bits per heavy atom. The van der Waals surface area contributed by atoms with Crippen molar-refractivity contribution in [3.05, 3.63) is 66.0 Å². The van der Waals surface area contributed by atoms with Crippen LogP contribution in [0.1, 0.15) is 30.5 Å². The highest BCUT2D eigenvalue weighted by Crippen LogP contribution is 2.37. The van der Waals surface area contributed by atoms with E-state index in [-0.39, 0.29) is 29.3 Å². The number of halogens is 3. The van der Waals surface area contributed by atoms with Gasteiger partial charge in [-0.05, 0) is 43.2 Å². The van der Waals surface area contributed by atoms with Crippen LogP contribution in [0.4, 0.5) is 42.0 Å². The molecule has 2 aromatic heterocycles. The van der Waals surface area contributed by atoms with Gasteiger partial charge >= 0.3 is 6.18 Å². The van der Waals surface area contributed by atoms with E-state index in [1.54, 1.807) is 49.2 Å². The molecule has 0 radical (unpaired) electrons. The first-order chi connectivity index (χ1) is 20.4. The summed E-state index contributed by atoms with van der Waals surface area (Å²) < 4.78 is 47.1. The predicted molar refractivity (Wildman–Crippen MR) is 157 cm³/mol. The van der Waals surface area contributed by atoms with Gasteiger partial charge in [-0.3, -0.25) is 14.5 Å². The maximum Gasteiger partial charge on any atom is 0.421 e. The third-order valence-corrected chi connectivity index (χ3v) is 7.00. The summed E-state index contributed by atoms with van der Waals surface area (Å²) in [5.41, 5.74) is 1.35. The number of nitrogens with zero attached hydrogens (tertiary/aromatic N) is 5. The van der Waals surface area contributed by atoms with Gasteiger partial charge in [0.25, 0.3) is 0 Å². The summed E-state index contributed by atoms with van der Waals surface area (Å²) in [4.78, 5) is 40.1. The molecule has 1 aliphatic heterocycles. The number of rotatable bonds is 9. The fourth-order valence-corrected chi connectivity index (χ4v) is 4.58. The normalized spacial score (nSPS) is 15.5. The quantitative estimate of drug-likeness (QED) is 0.296. The molecule has 3 aromatic rings. The van der Waals surface area contributed by atoms with Crippen molar-refractivity contribution >= 4 is 40.6 Å². The summed E-state index contributed by atoms with van der Waals surface area (Å²) in [6, 6.07) is 6.69. The molecule has 0 aliphatic carbocycles. The topological polar surface area (TPSA) is 125 Å². The Labute approximate surface area is 247 Å². The van der Waals surface area contributed by atoms with E-state index in [4.69, 9.17) is 4.74 Å². The van der Waals surface area contributed by atoms with Crippen LogP contribution < -0.4 is 20.7 Å². The maximum absolute atomic E-state index is 14.0. The number of methoxy groups -OCH3 is 1. The molecule has 0 unspecified atom stereocenters. The SMILES string of the molecule is C=CC(=O)Nc1cc(CN2CCN(C(C)=O)C[C@@H]2C)ccc1Nc1nc(Nc2cc(OC)ncc2C)ncc1C(F)(F)F. The smallest absolute Gasteiger partial charge is 0.421 e. The van der Waals surface area contributed by atoms with Gasteiger partial charge in [0.2, 0.25) is 23.6 Å². The molecular weight excluding hydrogens is 565 g/mol. The van der Waals surface area contributed by atoms with Crippen LogP contribution in [0.2, 0.25) is 0 Å². The molecule has 0 spiro atoms. The maximum atomic E-state index is 14.0. The minimum absolute atomic E-state index is 0.0216. The molecule has 3 N–H and O–H groups in total. The number of pyridine rings is 1. The van der Waals surface area contributed by atoms with Gasteiger partial charge in [-0.1, -0.05) is 12.6 Å². The molecule has 0 saturated carbocycles. The van der Waals surface area contributed by atoms with E-state index in [1.165, 1.54) is 7.11 Å². The number of nitrogens with one attached hydrogen (secondary N) is 3. The average molecular weight is 599 g/mol. The highest BCUT2D eigenvalue weighted by molar-refractivity contribution is 6.01. The van der Waals surface area contributed by atoms with E-state index in [0.29, 0.717) is 49.5 Å². The Bertz CT molecular complexity index is 1510. The Balaban J connectivity index is 1.65. The molecule has 4 rings (SSSR count). The van der Waals surface area contributed by atoms with E-state index >= 15 is 0 Å². The summed E-state index contributed by atoms with van der Waals surface area (Å²) >= 11 is 0. The van der Waals surface area contributed by atoms with Gasteiger partial charge in [-0.2, -0.15) is 18.2 Å². The van der Waals surface area contributed by atoms with Gasteiger partial charge in [0.05, 0.1) is 24.2 Å². The van der Waals surface area contributed by atoms with Crippen LogP contribution in [0.25, 0.3) is 0 Å². The van der Waals surface area contributed by atoms with Crippen LogP contribution in [0, 0.1) is 6.92 Å². The van der Waals surface area contributed by atoms with Crippen molar-refractivity contribution in [3.63, 3.8) is 0 Å². The second kappa shape index (κ2) is 13.1. The molecule has 1 fully saturated rings. The van der Waals surface area contributed by atoms with Gasteiger partial charge in [0, 0.05) is 57.6 Å². The van der Waals surface area contributed by atoms with Crippen LogP contribution in [-0.2, 0) is 22.3 Å². The lowest BCUT2D eigenvalue weighted by Gasteiger charge is -2.39. The van der Waals surface area contributed by atoms with E-state index in [0.717, 1.165) is 11.6 Å². The van der Waals surface area contributed by atoms with Gasteiger partial charge < -0.3 is 25.6 Å². The summed E-state index contributed by atoms with van der Waals surface area (Å²) in [7, 11) is 1.45. The minimum atomic E-state index is -4.76. The zero-order valence-corrected chi connectivity index (χ0v) is 24.2. The van der Waals surface area contributed by atoms with Crippen molar-refractivity contribution < 1.29 is 27.5 Å². The largest absolute Gasteiger partial charge is 0.481 e. The monoisotopic (exact) mass is 598 g/mol. The van der Waals surface area contributed by atoms with Crippen LogP contribution in [0.3, 0.4) is 0 Å². The lowest BCUT2D eigenvalue weighted by Crippen LogP contribution is -2.52. The van der Waals surface area contributed by atoms with Crippen molar-refractivity contribution in [1.82, 2.24) is 24.8 Å². The molecule has 14 heteroatoms. The molecule has 2 amide bonds. The van der Waals surface area contributed by atoms with E-state index in [2.05, 4.69) is 42.4 Å². The number of hydrogen-bond donors (Lipinski definition) is 3. The highest BCUT2D eigenvalue weighted by atomic mass is 19.4. The van der Waals surface area contributed by atoms with Crippen LogP contribution in [0.5, 0.6) is 5.88 Å². The first kappa shape index (κ1) is 31.2. The third kappa shape index (κ3) is 7.77. The number of carbonyl (C=O) groups is 2. The Kier molecular flexibility index (Phi) is 9.49. The van der Waals surface area contributed by atoms with Crippen LogP contribution >= 0.6 is 0 Å². The predicted octanol–water partition coefficient (Wildman–Crippen LogP) is 4.87. The number of aromatic nitrogens is 3. The second-order valence-corrected chi connectivity index (χ2v) is 10.1. The van der Waals surface area contributed by atoms with Gasteiger partial charge in [0.1, 0.15) is 11.4 Å². The summed E-state index contributed by atoms with van der Waals surface area (Å²) in [6.45, 7) is 11.1. The van der Waals surface area contributed by atoms with E-state index in [9.17, 15) is 22.8 Å². The molecule has 1 aliphatic rings. The fraction of sp³-hybridized carbons (Fsp3) is 0.345. The Hall–Kier alpha value is -4.72. The third-order valence-electron chi connectivity index (χ3n) is 7.00. The molecule has 11 nitrogen and oxygen atoms in total. The van der Waals surface area contributed by atoms with E-state index in [1.807, 2.05) is 6.92 Å². The number of carbonyl (C=O) groups excluding carboxylic acids is 2. The minimum Gasteiger partial charge on any atom is -0.481 e. The Morgan fingerprint density at radius 3 is 2.53 bits per heavy atom. The molecular formula is C29H33F3N8O3. The van der Waals surface area contributed by atoms with Gasteiger partial charge in [-0.15, -0.1) is 0 Å². The zero-order chi connectivity index (χ0) is 31.3. The summed E-state index contributed by atoms with van der Waals surface area (Å²) in [5.74, 6) is -0.824. The van der Waals surface area contributed by atoms with Crippen molar-refractivity contribution in [2.24, 2.45) is 0 Å². The van der Waals surface area contributed by atoms with Crippen molar-refractivity contribution in [2.45, 2.75) is 39.5 Å². The molecule has 3 heterocycles. The lowest BCUT2D eigenvalue weighted by molar-refractivity contribution is -0.137. The number of aryl methyl sites for hydroxylation is 1. The van der Waals surface area contributed by atoms with Crippen molar-refractivity contribution in [3.8, 4) is 5.88 Å². The number of alkyl halides is 3. The standard InChI is InChI=1S/C29H33F3N8O3/c1-6-25(42)35-24-11-20(16-39-9-10-40(19(4)41)15-18(39)3)7-8-22(24)36-27-21(29(30,31)32)14-34-28(38-27)37-23-12-26(43-5)33-13-17(23)2/h6-8,11-14,18H,1,9-10,15-16H2,2-5H3,(H,35,42)(H2,33,34,36,37,38)/t18-/m0/s1. The average Bonchev–Trinajstić information content (AvgIpc) is 2.96. The number of piperazine rings is 1. The number of anilines is 5. The fourth-order valence-electron chi connectivity index (χ4n) is 4.58.